The van der Waals surface area contributed by atoms with E-state index in [1.54, 1.807) is 20.7 Å². The van der Waals surface area contributed by atoms with Crippen LogP contribution in [-0.2, 0) is 33.1 Å². The summed E-state index contributed by atoms with van der Waals surface area (Å²) >= 11 is 13.2. The number of amides is 2. The zero-order valence-corrected chi connectivity index (χ0v) is 40.1. The second kappa shape index (κ2) is 20.4. The fraction of sp³-hybridized carbons (Fsp3) is 0.465. The van der Waals surface area contributed by atoms with Gasteiger partial charge in [-0.25, -0.2) is 26.4 Å². The first kappa shape index (κ1) is 47.3. The number of piperidine rings is 1. The van der Waals surface area contributed by atoms with E-state index in [0.29, 0.717) is 63.9 Å². The van der Waals surface area contributed by atoms with Crippen molar-refractivity contribution in [2.24, 2.45) is 0 Å². The second-order valence-electron chi connectivity index (χ2n) is 17.2. The Labute approximate surface area is 395 Å². The Morgan fingerprint density at radius 2 is 1.24 bits per heavy atom. The lowest BCUT2D eigenvalue weighted by Gasteiger charge is -2.35. The van der Waals surface area contributed by atoms with Gasteiger partial charge >= 0.3 is 12.1 Å². The smallest absolute Gasteiger partial charge is 0.344 e. The maximum Gasteiger partial charge on any atom is 0.344 e. The number of halogens is 2. The molecule has 2 amide bonds. The molecule has 2 aromatic carbocycles. The molecule has 6 heterocycles. The van der Waals surface area contributed by atoms with Crippen molar-refractivity contribution in [2.45, 2.75) is 51.7 Å². The standard InChI is InChI=1S/C43H55Cl2N13O6S2/c1-32(58-31-35(28-46-58)36-26-33(6-8-37(36)44)29-51-17-21-54(22-18-51)42(59)56-15-10-40(47-56)49-65(2,61)62)12-25-66(63,64)50-41-11-16-57(48-41)43(60)55-23-19-52(20-24-55)30-34-7-9-38(45)39(27-34)53-13-4-3-5-14-53/h6-11,15-16,26-28,31-32H,3-5,12-14,17-25,29-30H2,1-2H3,(H,47,49)(H,48,50). The number of rotatable bonds is 14. The number of anilines is 3. The Hall–Kier alpha value is -5.19. The maximum atomic E-state index is 13.4. The van der Waals surface area contributed by atoms with E-state index in [9.17, 15) is 26.4 Å². The van der Waals surface area contributed by atoms with Gasteiger partial charge in [0.1, 0.15) is 0 Å². The lowest BCUT2D eigenvalue weighted by molar-refractivity contribution is 0.134. The molecule has 66 heavy (non-hydrogen) atoms. The molecule has 3 fully saturated rings. The van der Waals surface area contributed by atoms with Gasteiger partial charge in [-0.2, -0.15) is 14.5 Å². The summed E-state index contributed by atoms with van der Waals surface area (Å²) in [6.07, 6.45) is 11.4. The lowest BCUT2D eigenvalue weighted by atomic mass is 10.1. The van der Waals surface area contributed by atoms with Gasteiger partial charge in [0.25, 0.3) is 0 Å². The van der Waals surface area contributed by atoms with E-state index >= 15 is 0 Å². The van der Waals surface area contributed by atoms with Crippen LogP contribution in [0.3, 0.4) is 0 Å². The highest BCUT2D eigenvalue weighted by Crippen LogP contribution is 2.32. The van der Waals surface area contributed by atoms with Crippen LogP contribution < -0.4 is 14.3 Å². The zero-order chi connectivity index (χ0) is 46.6. The molecule has 0 bridgehead atoms. The van der Waals surface area contributed by atoms with Gasteiger partial charge in [-0.05, 0) is 68.0 Å². The minimum atomic E-state index is -3.81. The number of carbonyl (C=O) groups is 2. The predicted octanol–water partition coefficient (Wildman–Crippen LogP) is 5.58. The summed E-state index contributed by atoms with van der Waals surface area (Å²) in [5.74, 6) is -0.0478. The molecule has 0 spiro atoms. The number of sulfonamides is 2. The van der Waals surface area contributed by atoms with E-state index in [1.807, 2.05) is 37.4 Å². The molecule has 8 rings (SSSR count). The van der Waals surface area contributed by atoms with E-state index in [1.165, 1.54) is 54.0 Å². The number of hydrogen-bond acceptors (Lipinski definition) is 12. The summed E-state index contributed by atoms with van der Waals surface area (Å²) in [4.78, 5) is 36.7. The van der Waals surface area contributed by atoms with E-state index < -0.39 is 20.0 Å². The Morgan fingerprint density at radius 1 is 0.697 bits per heavy atom. The third-order valence-corrected chi connectivity index (χ3v) is 14.6. The van der Waals surface area contributed by atoms with Gasteiger partial charge in [0, 0.05) is 125 Å². The summed E-state index contributed by atoms with van der Waals surface area (Å²) in [7, 11) is -7.32. The average Bonchev–Trinajstić information content (AvgIpc) is 4.09. The van der Waals surface area contributed by atoms with Crippen LogP contribution in [0.2, 0.25) is 10.0 Å². The molecule has 5 aromatic rings. The van der Waals surface area contributed by atoms with Crippen molar-refractivity contribution < 1.29 is 26.4 Å². The zero-order valence-electron chi connectivity index (χ0n) is 37.0. The molecule has 3 aliphatic heterocycles. The first-order valence-corrected chi connectivity index (χ1v) is 26.3. The second-order valence-corrected chi connectivity index (χ2v) is 21.6. The highest BCUT2D eigenvalue weighted by atomic mass is 35.5. The van der Waals surface area contributed by atoms with Gasteiger partial charge in [-0.15, -0.1) is 10.2 Å². The van der Waals surface area contributed by atoms with E-state index in [-0.39, 0.29) is 41.9 Å². The molecule has 3 saturated heterocycles. The van der Waals surface area contributed by atoms with Crippen LogP contribution in [-0.4, -0.2) is 155 Å². The number of aromatic nitrogens is 6. The van der Waals surface area contributed by atoms with Gasteiger partial charge in [-0.3, -0.25) is 23.9 Å². The van der Waals surface area contributed by atoms with Gasteiger partial charge in [-0.1, -0.05) is 35.3 Å². The Kier molecular flexibility index (Phi) is 14.6. The van der Waals surface area contributed by atoms with Crippen molar-refractivity contribution in [1.29, 1.82) is 0 Å². The van der Waals surface area contributed by atoms with E-state index in [2.05, 4.69) is 51.6 Å². The van der Waals surface area contributed by atoms with Crippen LogP contribution in [0.15, 0.2) is 73.3 Å². The molecule has 1 atom stereocenters. The number of carbonyl (C=O) groups excluding carboxylic acids is 2. The van der Waals surface area contributed by atoms with Gasteiger partial charge in [0.2, 0.25) is 20.0 Å². The summed E-state index contributed by atoms with van der Waals surface area (Å²) in [5.41, 5.74) is 4.88. The molecular weight excluding hydrogens is 930 g/mol. The Balaban J connectivity index is 0.782. The molecule has 2 N–H and O–H groups in total. The summed E-state index contributed by atoms with van der Waals surface area (Å²) in [6.45, 7) is 9.94. The van der Waals surface area contributed by atoms with Crippen LogP contribution in [0.4, 0.5) is 26.9 Å². The Bertz CT molecular complexity index is 2740. The van der Waals surface area contributed by atoms with Crippen LogP contribution >= 0.6 is 23.2 Å². The van der Waals surface area contributed by atoms with Crippen molar-refractivity contribution in [1.82, 2.24) is 48.9 Å². The van der Waals surface area contributed by atoms with Gasteiger partial charge in [0.05, 0.1) is 35.0 Å². The number of piperazine rings is 2. The van der Waals surface area contributed by atoms with E-state index in [0.717, 1.165) is 58.0 Å². The maximum absolute atomic E-state index is 13.4. The minimum absolute atomic E-state index is 0.0715. The third-order valence-electron chi connectivity index (χ3n) is 12.1. The monoisotopic (exact) mass is 983 g/mol. The molecule has 0 aliphatic carbocycles. The third kappa shape index (κ3) is 12.0. The lowest BCUT2D eigenvalue weighted by Crippen LogP contribution is -2.49. The molecular formula is C43H55Cl2N13O6S2. The molecule has 3 aromatic heterocycles. The first-order valence-electron chi connectivity index (χ1n) is 22.0. The van der Waals surface area contributed by atoms with Crippen molar-refractivity contribution in [3.05, 3.63) is 94.5 Å². The molecule has 1 unspecified atom stereocenters. The van der Waals surface area contributed by atoms with E-state index in [4.69, 9.17) is 23.2 Å². The summed E-state index contributed by atoms with van der Waals surface area (Å²) < 4.78 is 58.3. The molecule has 19 nitrogen and oxygen atoms in total. The quantitative estimate of drug-likeness (QED) is 0.141. The number of nitrogens with one attached hydrogen (secondary N) is 2. The fourth-order valence-electron chi connectivity index (χ4n) is 8.47. The molecule has 3 aliphatic rings. The molecule has 0 saturated carbocycles. The van der Waals surface area contributed by atoms with Crippen molar-refractivity contribution in [3.63, 3.8) is 0 Å². The highest BCUT2D eigenvalue weighted by molar-refractivity contribution is 7.92. The SMILES string of the molecule is CC(CCS(=O)(=O)Nc1ccn(C(=O)N2CCN(Cc3ccc(Cl)c(N4CCCCC4)c3)CC2)n1)n1cc(-c2cc(CN3CCN(C(=O)n4ccc(NS(C)(=O)=O)n4)CC3)ccc2Cl)cn1. The highest BCUT2D eigenvalue weighted by Gasteiger charge is 2.26. The minimum Gasteiger partial charge on any atom is -0.370 e. The van der Waals surface area contributed by atoms with Crippen molar-refractivity contribution in [3.8, 4) is 11.1 Å². The van der Waals surface area contributed by atoms with Crippen LogP contribution in [0.1, 0.15) is 49.8 Å². The molecule has 23 heteroatoms. The average molecular weight is 985 g/mol. The number of benzene rings is 2. The largest absolute Gasteiger partial charge is 0.370 e. The van der Waals surface area contributed by atoms with Crippen LogP contribution in [0.5, 0.6) is 0 Å². The molecule has 354 valence electrons. The summed E-state index contributed by atoms with van der Waals surface area (Å²) in [5, 5.41) is 14.2. The number of nitrogens with zero attached hydrogens (tertiary/aromatic N) is 11. The topological polar surface area (TPSA) is 196 Å². The normalized spacial score (nSPS) is 17.2. The van der Waals surface area contributed by atoms with Gasteiger partial charge in [0.15, 0.2) is 11.6 Å². The molecule has 0 radical (unpaired) electrons. The fourth-order valence-corrected chi connectivity index (χ4v) is 10.6. The number of hydrogen-bond donors (Lipinski definition) is 2. The van der Waals surface area contributed by atoms with Crippen LogP contribution in [0.25, 0.3) is 11.1 Å². The van der Waals surface area contributed by atoms with Crippen molar-refractivity contribution >= 4 is 72.6 Å². The van der Waals surface area contributed by atoms with Gasteiger partial charge < -0.3 is 14.7 Å². The summed E-state index contributed by atoms with van der Waals surface area (Å²) in [6, 6.07) is 14.1. The van der Waals surface area contributed by atoms with Crippen LogP contribution in [0, 0.1) is 0 Å². The van der Waals surface area contributed by atoms with Crippen molar-refractivity contribution in [2.75, 3.05) is 91.8 Å². The first-order chi connectivity index (χ1) is 31.6. The Morgan fingerprint density at radius 3 is 1.82 bits per heavy atom. The predicted molar refractivity (Wildman–Crippen MR) is 255 cm³/mol.